The van der Waals surface area contributed by atoms with Gasteiger partial charge in [0.2, 0.25) is 0 Å². The van der Waals surface area contributed by atoms with E-state index in [4.69, 9.17) is 0 Å². The normalized spacial score (nSPS) is 23.8. The molecule has 0 saturated carbocycles. The fourth-order valence-corrected chi connectivity index (χ4v) is 3.36. The number of nitrogens with zero attached hydrogens (tertiary/aromatic N) is 1. The molecule has 0 aromatic rings. The average Bonchev–Trinajstić information content (AvgIpc) is 2.60. The number of rotatable bonds is 7. The van der Waals surface area contributed by atoms with Crippen molar-refractivity contribution in [2.45, 2.75) is 66.3 Å². The molecule has 0 radical (unpaired) electrons. The van der Waals surface area contributed by atoms with Crippen LogP contribution < -0.4 is 5.32 Å². The van der Waals surface area contributed by atoms with Crippen molar-refractivity contribution in [1.29, 1.82) is 0 Å². The molecule has 19 heavy (non-hydrogen) atoms. The molecule has 1 aliphatic heterocycles. The van der Waals surface area contributed by atoms with E-state index in [1.165, 1.54) is 38.8 Å². The highest BCUT2D eigenvalue weighted by Gasteiger charge is 2.25. The summed E-state index contributed by atoms with van der Waals surface area (Å²) in [5, 5.41) is 3.63. The Morgan fingerprint density at radius 3 is 2.42 bits per heavy atom. The Morgan fingerprint density at radius 2 is 1.84 bits per heavy atom. The third-order valence-corrected chi connectivity index (χ3v) is 4.77. The Bertz CT molecular complexity index is 225. The number of likely N-dealkylation sites (tertiary alicyclic amines) is 1. The van der Waals surface area contributed by atoms with E-state index in [0.717, 1.165) is 36.9 Å². The fourth-order valence-electron chi connectivity index (χ4n) is 3.36. The van der Waals surface area contributed by atoms with E-state index in [2.05, 4.69) is 44.8 Å². The smallest absolute Gasteiger partial charge is 0.0243 e. The van der Waals surface area contributed by atoms with Crippen molar-refractivity contribution in [2.24, 2.45) is 17.8 Å². The lowest BCUT2D eigenvalue weighted by Gasteiger charge is -2.34. The molecule has 1 heterocycles. The maximum absolute atomic E-state index is 3.63. The molecule has 1 N–H and O–H groups in total. The largest absolute Gasteiger partial charge is 0.315 e. The maximum Gasteiger partial charge on any atom is 0.0243 e. The average molecular weight is 268 g/mol. The van der Waals surface area contributed by atoms with Gasteiger partial charge in [-0.2, -0.15) is 0 Å². The Morgan fingerprint density at radius 1 is 1.11 bits per heavy atom. The van der Waals surface area contributed by atoms with E-state index in [1.807, 2.05) is 0 Å². The second-order valence-corrected chi connectivity index (χ2v) is 6.99. The van der Waals surface area contributed by atoms with Gasteiger partial charge in [0.15, 0.2) is 0 Å². The molecule has 0 amide bonds. The molecule has 2 nitrogen and oxygen atoms in total. The van der Waals surface area contributed by atoms with Gasteiger partial charge in [0.05, 0.1) is 0 Å². The van der Waals surface area contributed by atoms with Crippen molar-refractivity contribution in [3.8, 4) is 0 Å². The van der Waals surface area contributed by atoms with Crippen LogP contribution in [0.5, 0.6) is 0 Å². The summed E-state index contributed by atoms with van der Waals surface area (Å²) in [6.45, 7) is 16.7. The second-order valence-electron chi connectivity index (χ2n) is 6.99. The van der Waals surface area contributed by atoms with Gasteiger partial charge in [0.1, 0.15) is 0 Å². The molecule has 0 aliphatic carbocycles. The van der Waals surface area contributed by atoms with Crippen molar-refractivity contribution in [1.82, 2.24) is 10.2 Å². The topological polar surface area (TPSA) is 15.3 Å². The Hall–Kier alpha value is -0.0800. The minimum Gasteiger partial charge on any atom is -0.315 e. The number of nitrogens with one attached hydrogen (secondary N) is 1. The molecule has 1 saturated heterocycles. The van der Waals surface area contributed by atoms with Crippen LogP contribution in [-0.4, -0.2) is 37.1 Å². The van der Waals surface area contributed by atoms with Crippen molar-refractivity contribution in [2.75, 3.05) is 26.2 Å². The highest BCUT2D eigenvalue weighted by atomic mass is 15.2. The highest BCUT2D eigenvalue weighted by Crippen LogP contribution is 2.26. The van der Waals surface area contributed by atoms with Gasteiger partial charge >= 0.3 is 0 Å². The van der Waals surface area contributed by atoms with Gasteiger partial charge in [-0.15, -0.1) is 0 Å². The van der Waals surface area contributed by atoms with Crippen LogP contribution in [0, 0.1) is 17.8 Å². The lowest BCUT2D eigenvalue weighted by Crippen LogP contribution is -2.46. The molecule has 1 rings (SSSR count). The zero-order valence-electron chi connectivity index (χ0n) is 13.9. The van der Waals surface area contributed by atoms with Crippen molar-refractivity contribution in [3.05, 3.63) is 0 Å². The first-order valence-corrected chi connectivity index (χ1v) is 8.51. The van der Waals surface area contributed by atoms with Crippen molar-refractivity contribution in [3.63, 3.8) is 0 Å². The molecule has 0 bridgehead atoms. The first-order valence-electron chi connectivity index (χ1n) is 8.51. The van der Waals surface area contributed by atoms with E-state index >= 15 is 0 Å². The van der Waals surface area contributed by atoms with Crippen LogP contribution in [-0.2, 0) is 0 Å². The summed E-state index contributed by atoms with van der Waals surface area (Å²) in [7, 11) is 0. The zero-order valence-corrected chi connectivity index (χ0v) is 13.9. The van der Waals surface area contributed by atoms with Gasteiger partial charge in [0, 0.05) is 12.6 Å². The van der Waals surface area contributed by atoms with E-state index in [-0.39, 0.29) is 0 Å². The monoisotopic (exact) mass is 268 g/mol. The van der Waals surface area contributed by atoms with Crippen molar-refractivity contribution < 1.29 is 0 Å². The molecular formula is C17H36N2. The fraction of sp³-hybridized carbons (Fsp3) is 1.00. The highest BCUT2D eigenvalue weighted by molar-refractivity contribution is 4.81. The van der Waals surface area contributed by atoms with E-state index in [1.54, 1.807) is 0 Å². The Kier molecular flexibility index (Phi) is 8.01. The van der Waals surface area contributed by atoms with Crippen LogP contribution in [0.1, 0.15) is 60.3 Å². The van der Waals surface area contributed by atoms with Crippen LogP contribution in [0.25, 0.3) is 0 Å². The third kappa shape index (κ3) is 5.83. The maximum atomic E-state index is 3.63. The molecule has 114 valence electrons. The first-order chi connectivity index (χ1) is 9.06. The number of hydrogen-bond donors (Lipinski definition) is 1. The summed E-state index contributed by atoms with van der Waals surface area (Å²) in [6.07, 6.45) is 5.45. The Balaban J connectivity index is 2.49. The van der Waals surface area contributed by atoms with Crippen LogP contribution in [0.4, 0.5) is 0 Å². The second kappa shape index (κ2) is 8.97. The summed E-state index contributed by atoms with van der Waals surface area (Å²) >= 11 is 0. The summed E-state index contributed by atoms with van der Waals surface area (Å²) in [4.78, 5) is 2.76. The molecule has 2 atom stereocenters. The van der Waals surface area contributed by atoms with Gasteiger partial charge in [-0.25, -0.2) is 0 Å². The standard InChI is InChI=1S/C17H36N2/c1-6-10-18-13-17(15(4)5)19-11-7-8-16(9-12-19)14(2)3/h14-18H,6-13H2,1-5H3. The van der Waals surface area contributed by atoms with Crippen molar-refractivity contribution >= 4 is 0 Å². The zero-order chi connectivity index (χ0) is 14.3. The summed E-state index contributed by atoms with van der Waals surface area (Å²) < 4.78 is 0. The third-order valence-electron chi connectivity index (χ3n) is 4.77. The lowest BCUT2D eigenvalue weighted by molar-refractivity contribution is 0.153. The summed E-state index contributed by atoms with van der Waals surface area (Å²) in [6, 6.07) is 0.720. The van der Waals surface area contributed by atoms with Gasteiger partial charge < -0.3 is 5.32 Å². The van der Waals surface area contributed by atoms with Gasteiger partial charge in [-0.3, -0.25) is 4.90 Å². The molecule has 0 aromatic heterocycles. The van der Waals surface area contributed by atoms with Crippen LogP contribution in [0.15, 0.2) is 0 Å². The van der Waals surface area contributed by atoms with E-state index in [9.17, 15) is 0 Å². The van der Waals surface area contributed by atoms with E-state index < -0.39 is 0 Å². The van der Waals surface area contributed by atoms with Crippen LogP contribution in [0.3, 0.4) is 0 Å². The quantitative estimate of drug-likeness (QED) is 0.707. The SMILES string of the molecule is CCCNCC(C(C)C)N1CCCC(C(C)C)CC1. The van der Waals surface area contributed by atoms with Gasteiger partial charge in [0.25, 0.3) is 0 Å². The molecule has 1 aliphatic rings. The molecule has 1 fully saturated rings. The lowest BCUT2D eigenvalue weighted by atomic mass is 9.89. The predicted octanol–water partition coefficient (Wildman–Crippen LogP) is 3.77. The minimum atomic E-state index is 0.720. The first kappa shape index (κ1) is 17.0. The van der Waals surface area contributed by atoms with Gasteiger partial charge in [-0.1, -0.05) is 34.6 Å². The van der Waals surface area contributed by atoms with Gasteiger partial charge in [-0.05, 0) is 63.1 Å². The Labute approximate surface area is 121 Å². The molecule has 2 unspecified atom stereocenters. The van der Waals surface area contributed by atoms with Crippen LogP contribution in [0.2, 0.25) is 0 Å². The predicted molar refractivity (Wildman–Crippen MR) is 85.5 cm³/mol. The minimum absolute atomic E-state index is 0.720. The molecule has 2 heteroatoms. The summed E-state index contributed by atoms with van der Waals surface area (Å²) in [5.74, 6) is 2.55. The van der Waals surface area contributed by atoms with Crippen LogP contribution >= 0.6 is 0 Å². The molecule has 0 aromatic carbocycles. The number of hydrogen-bond acceptors (Lipinski definition) is 2. The van der Waals surface area contributed by atoms with E-state index in [0.29, 0.717) is 0 Å². The molecular weight excluding hydrogens is 232 g/mol. The molecule has 0 spiro atoms. The summed E-state index contributed by atoms with van der Waals surface area (Å²) in [5.41, 5.74) is 0.